The predicted molar refractivity (Wildman–Crippen MR) is 87.8 cm³/mol. The molecule has 0 radical (unpaired) electrons. The van der Waals surface area contributed by atoms with Crippen molar-refractivity contribution in [1.82, 2.24) is 15.0 Å². The van der Waals surface area contributed by atoms with Crippen molar-refractivity contribution in [3.05, 3.63) is 59.3 Å². The lowest BCUT2D eigenvalue weighted by Gasteiger charge is -2.17. The predicted octanol–water partition coefficient (Wildman–Crippen LogP) is 3.90. The van der Waals surface area contributed by atoms with Crippen molar-refractivity contribution in [1.29, 1.82) is 5.26 Å². The highest BCUT2D eigenvalue weighted by molar-refractivity contribution is 6.30. The quantitative estimate of drug-likeness (QED) is 0.648. The molecule has 0 aliphatic carbocycles. The Hall–Kier alpha value is -2.62. The van der Waals surface area contributed by atoms with Gasteiger partial charge in [0.1, 0.15) is 5.76 Å². The SMILES string of the molecule is N#CCCN(Cc1ccco1)Cc1nc(-c2cccc(Cl)c2)no1. The van der Waals surface area contributed by atoms with Crippen LogP contribution in [0.3, 0.4) is 0 Å². The van der Waals surface area contributed by atoms with E-state index in [0.717, 1.165) is 11.3 Å². The van der Waals surface area contributed by atoms with Gasteiger partial charge < -0.3 is 8.94 Å². The first kappa shape index (κ1) is 16.2. The number of furan rings is 1. The van der Waals surface area contributed by atoms with Gasteiger partial charge in [-0.1, -0.05) is 28.9 Å². The summed E-state index contributed by atoms with van der Waals surface area (Å²) in [6.07, 6.45) is 2.04. The Bertz CT molecular complexity index is 823. The van der Waals surface area contributed by atoms with Crippen molar-refractivity contribution < 1.29 is 8.94 Å². The molecule has 6 nitrogen and oxygen atoms in total. The van der Waals surface area contributed by atoms with Crippen LogP contribution >= 0.6 is 11.6 Å². The molecule has 24 heavy (non-hydrogen) atoms. The Balaban J connectivity index is 1.71. The molecule has 0 amide bonds. The minimum Gasteiger partial charge on any atom is -0.468 e. The first-order valence-electron chi connectivity index (χ1n) is 7.45. The van der Waals surface area contributed by atoms with Crippen LogP contribution in [0.5, 0.6) is 0 Å². The van der Waals surface area contributed by atoms with E-state index < -0.39 is 0 Å². The van der Waals surface area contributed by atoms with E-state index in [1.54, 1.807) is 18.4 Å². The number of nitrogens with zero attached hydrogens (tertiary/aromatic N) is 4. The Kier molecular flexibility index (Phi) is 5.26. The maximum Gasteiger partial charge on any atom is 0.241 e. The normalized spacial score (nSPS) is 10.9. The largest absolute Gasteiger partial charge is 0.468 e. The summed E-state index contributed by atoms with van der Waals surface area (Å²) in [6, 6.07) is 13.2. The number of halogens is 1. The van der Waals surface area contributed by atoms with Crippen LogP contribution in [0, 0.1) is 11.3 Å². The average Bonchev–Trinajstić information content (AvgIpc) is 3.24. The zero-order valence-corrected chi connectivity index (χ0v) is 13.6. The zero-order chi connectivity index (χ0) is 16.8. The fourth-order valence-corrected chi connectivity index (χ4v) is 2.49. The minimum absolute atomic E-state index is 0.413. The smallest absolute Gasteiger partial charge is 0.241 e. The average molecular weight is 343 g/mol. The second-order valence-electron chi connectivity index (χ2n) is 5.22. The molecule has 0 fully saturated rings. The molecule has 1 aromatic carbocycles. The van der Waals surface area contributed by atoms with E-state index in [9.17, 15) is 0 Å². The second kappa shape index (κ2) is 7.77. The molecule has 0 spiro atoms. The van der Waals surface area contributed by atoms with E-state index in [4.69, 9.17) is 25.8 Å². The summed E-state index contributed by atoms with van der Waals surface area (Å²) in [4.78, 5) is 6.43. The maximum atomic E-state index is 8.82. The molecule has 122 valence electrons. The molecular weight excluding hydrogens is 328 g/mol. The summed E-state index contributed by atoms with van der Waals surface area (Å²) in [5.74, 6) is 1.79. The van der Waals surface area contributed by atoms with Gasteiger partial charge in [0.15, 0.2) is 0 Å². The molecule has 0 atom stereocenters. The second-order valence-corrected chi connectivity index (χ2v) is 5.66. The third-order valence-corrected chi connectivity index (χ3v) is 3.64. The number of aromatic nitrogens is 2. The molecule has 0 aliphatic heterocycles. The molecule has 3 rings (SSSR count). The molecule has 2 aromatic heterocycles. The van der Waals surface area contributed by atoms with E-state index in [2.05, 4.69) is 16.2 Å². The van der Waals surface area contributed by atoms with E-state index in [0.29, 0.717) is 42.8 Å². The van der Waals surface area contributed by atoms with Crippen LogP contribution in [0.2, 0.25) is 5.02 Å². The summed E-state index contributed by atoms with van der Waals surface area (Å²) in [5.41, 5.74) is 0.798. The third-order valence-electron chi connectivity index (χ3n) is 3.41. The van der Waals surface area contributed by atoms with Gasteiger partial charge in [0.2, 0.25) is 11.7 Å². The van der Waals surface area contributed by atoms with Crippen molar-refractivity contribution in [2.24, 2.45) is 0 Å². The van der Waals surface area contributed by atoms with Crippen LogP contribution in [0.1, 0.15) is 18.1 Å². The van der Waals surface area contributed by atoms with Gasteiger partial charge in [0.05, 0.1) is 25.4 Å². The van der Waals surface area contributed by atoms with Gasteiger partial charge in [-0.05, 0) is 24.3 Å². The molecule has 2 heterocycles. The number of nitriles is 1. The van der Waals surface area contributed by atoms with E-state index in [1.807, 2.05) is 29.2 Å². The van der Waals surface area contributed by atoms with Crippen LogP contribution in [0.4, 0.5) is 0 Å². The Morgan fingerprint density at radius 1 is 1.21 bits per heavy atom. The highest BCUT2D eigenvalue weighted by atomic mass is 35.5. The molecule has 0 saturated carbocycles. The Morgan fingerprint density at radius 3 is 2.88 bits per heavy atom. The number of benzene rings is 1. The topological polar surface area (TPSA) is 79.1 Å². The van der Waals surface area contributed by atoms with Crippen molar-refractivity contribution in [3.63, 3.8) is 0 Å². The van der Waals surface area contributed by atoms with Crippen LogP contribution in [0.15, 0.2) is 51.6 Å². The van der Waals surface area contributed by atoms with Crippen LogP contribution < -0.4 is 0 Å². The minimum atomic E-state index is 0.413. The monoisotopic (exact) mass is 342 g/mol. The molecule has 0 aliphatic rings. The Morgan fingerprint density at radius 2 is 2.12 bits per heavy atom. The molecule has 0 unspecified atom stereocenters. The lowest BCUT2D eigenvalue weighted by atomic mass is 10.2. The Labute approximate surface area is 144 Å². The molecular formula is C17H15ClN4O2. The fraction of sp³-hybridized carbons (Fsp3) is 0.235. The molecule has 7 heteroatoms. The van der Waals surface area contributed by atoms with Gasteiger partial charge >= 0.3 is 0 Å². The fourth-order valence-electron chi connectivity index (χ4n) is 2.30. The third kappa shape index (κ3) is 4.22. The summed E-state index contributed by atoms with van der Waals surface area (Å²) >= 11 is 5.99. The van der Waals surface area contributed by atoms with Crippen molar-refractivity contribution in [2.75, 3.05) is 6.54 Å². The molecule has 0 N–H and O–H groups in total. The van der Waals surface area contributed by atoms with Crippen LogP contribution in [-0.4, -0.2) is 21.6 Å². The highest BCUT2D eigenvalue weighted by Gasteiger charge is 2.14. The van der Waals surface area contributed by atoms with Gasteiger partial charge in [0, 0.05) is 23.6 Å². The van der Waals surface area contributed by atoms with E-state index >= 15 is 0 Å². The number of rotatable bonds is 7. The van der Waals surface area contributed by atoms with Gasteiger partial charge in [-0.15, -0.1) is 0 Å². The van der Waals surface area contributed by atoms with E-state index in [-0.39, 0.29) is 0 Å². The van der Waals surface area contributed by atoms with Crippen LogP contribution in [0.25, 0.3) is 11.4 Å². The number of hydrogen-bond acceptors (Lipinski definition) is 6. The van der Waals surface area contributed by atoms with Gasteiger partial charge in [-0.2, -0.15) is 10.2 Å². The van der Waals surface area contributed by atoms with Crippen molar-refractivity contribution in [3.8, 4) is 17.5 Å². The summed E-state index contributed by atoms with van der Waals surface area (Å²) < 4.78 is 10.7. The number of hydrogen-bond donors (Lipinski definition) is 0. The van der Waals surface area contributed by atoms with Gasteiger partial charge in [-0.3, -0.25) is 4.90 Å². The first-order chi connectivity index (χ1) is 11.7. The van der Waals surface area contributed by atoms with Crippen molar-refractivity contribution in [2.45, 2.75) is 19.5 Å². The summed E-state index contributed by atoms with van der Waals surface area (Å²) in [5, 5.41) is 13.4. The lowest BCUT2D eigenvalue weighted by molar-refractivity contribution is 0.208. The van der Waals surface area contributed by atoms with Crippen molar-refractivity contribution >= 4 is 11.6 Å². The van der Waals surface area contributed by atoms with Crippen LogP contribution in [-0.2, 0) is 13.1 Å². The maximum absolute atomic E-state index is 8.82. The highest BCUT2D eigenvalue weighted by Crippen LogP contribution is 2.20. The summed E-state index contributed by atoms with van der Waals surface area (Å²) in [6.45, 7) is 1.60. The van der Waals surface area contributed by atoms with Gasteiger partial charge in [0.25, 0.3) is 0 Å². The molecule has 3 aromatic rings. The summed E-state index contributed by atoms with van der Waals surface area (Å²) in [7, 11) is 0. The first-order valence-corrected chi connectivity index (χ1v) is 7.82. The molecule has 0 bridgehead atoms. The van der Waals surface area contributed by atoms with E-state index in [1.165, 1.54) is 0 Å². The zero-order valence-electron chi connectivity index (χ0n) is 12.9. The lowest BCUT2D eigenvalue weighted by Crippen LogP contribution is -2.23. The van der Waals surface area contributed by atoms with Gasteiger partial charge in [-0.25, -0.2) is 0 Å². The molecule has 0 saturated heterocycles. The standard InChI is InChI=1S/C17H15ClN4O2/c18-14-5-1-4-13(10-14)17-20-16(24-21-17)12-22(8-3-7-19)11-15-6-2-9-23-15/h1-2,4-6,9-10H,3,8,11-12H2.